The maximum Gasteiger partial charge on any atom is 0.230 e. The molecule has 0 atom stereocenters. The maximum absolute atomic E-state index is 12.4. The Morgan fingerprint density at radius 3 is 2.37 bits per heavy atom. The highest BCUT2D eigenvalue weighted by Crippen LogP contribution is 2.28. The van der Waals surface area contributed by atoms with Gasteiger partial charge in [-0.1, -0.05) is 30.3 Å². The van der Waals surface area contributed by atoms with E-state index in [2.05, 4.69) is 15.6 Å². The number of thiazole rings is 1. The third-order valence-corrected chi connectivity index (χ3v) is 5.11. The average Bonchev–Trinajstić information content (AvgIpc) is 3.20. The van der Waals surface area contributed by atoms with Gasteiger partial charge in [-0.25, -0.2) is 4.98 Å². The van der Waals surface area contributed by atoms with E-state index in [0.29, 0.717) is 23.2 Å². The molecular weight excluding hydrogens is 402 g/mol. The summed E-state index contributed by atoms with van der Waals surface area (Å²) in [5.74, 6) is 0.983. The second kappa shape index (κ2) is 9.89. The fourth-order valence-corrected chi connectivity index (χ4v) is 3.56. The van der Waals surface area contributed by atoms with Crippen LogP contribution >= 0.6 is 11.3 Å². The molecule has 156 valence electrons. The van der Waals surface area contributed by atoms with Crippen LogP contribution in [-0.2, 0) is 22.6 Å². The minimum absolute atomic E-state index is 0.0629. The van der Waals surface area contributed by atoms with Crippen LogP contribution in [-0.4, -0.2) is 31.0 Å². The number of rotatable bonds is 8. The number of benzene rings is 2. The second-order valence-electron chi connectivity index (χ2n) is 6.56. The van der Waals surface area contributed by atoms with E-state index in [1.807, 2.05) is 35.7 Å². The van der Waals surface area contributed by atoms with Crippen LogP contribution < -0.4 is 20.1 Å². The highest BCUT2D eigenvalue weighted by atomic mass is 32.1. The van der Waals surface area contributed by atoms with Gasteiger partial charge >= 0.3 is 0 Å². The molecule has 2 aromatic carbocycles. The van der Waals surface area contributed by atoms with Gasteiger partial charge in [0.2, 0.25) is 11.8 Å². The lowest BCUT2D eigenvalue weighted by Crippen LogP contribution is -2.18. The van der Waals surface area contributed by atoms with Crippen molar-refractivity contribution in [2.24, 2.45) is 0 Å². The van der Waals surface area contributed by atoms with Gasteiger partial charge in [0.15, 0.2) is 16.6 Å². The molecule has 0 saturated heterocycles. The highest BCUT2D eigenvalue weighted by molar-refractivity contribution is 7.14. The molecule has 0 saturated carbocycles. The van der Waals surface area contributed by atoms with Crippen molar-refractivity contribution >= 4 is 28.3 Å². The normalized spacial score (nSPS) is 10.4. The highest BCUT2D eigenvalue weighted by Gasteiger charge is 2.11. The van der Waals surface area contributed by atoms with Gasteiger partial charge in [0.05, 0.1) is 26.3 Å². The predicted molar refractivity (Wildman–Crippen MR) is 117 cm³/mol. The zero-order valence-electron chi connectivity index (χ0n) is 17.0. The van der Waals surface area contributed by atoms with Gasteiger partial charge in [-0.05, 0) is 23.3 Å². The van der Waals surface area contributed by atoms with E-state index >= 15 is 0 Å². The quantitative estimate of drug-likeness (QED) is 0.575. The number of carbonyl (C=O) groups excluding carboxylic acids is 2. The molecule has 0 aliphatic carbocycles. The van der Waals surface area contributed by atoms with E-state index in [-0.39, 0.29) is 18.2 Å². The van der Waals surface area contributed by atoms with Gasteiger partial charge in [0.1, 0.15) is 0 Å². The van der Waals surface area contributed by atoms with E-state index in [0.717, 1.165) is 22.4 Å². The first-order valence-electron chi connectivity index (χ1n) is 9.28. The number of amides is 2. The van der Waals surface area contributed by atoms with Crippen LogP contribution in [0.5, 0.6) is 11.5 Å². The van der Waals surface area contributed by atoms with Crippen molar-refractivity contribution in [1.29, 1.82) is 0 Å². The Morgan fingerprint density at radius 1 is 1.00 bits per heavy atom. The van der Waals surface area contributed by atoms with Crippen molar-refractivity contribution in [3.63, 3.8) is 0 Å². The number of methoxy groups -OCH3 is 2. The molecule has 0 fully saturated rings. The lowest BCUT2D eigenvalue weighted by atomic mass is 10.1. The van der Waals surface area contributed by atoms with Crippen molar-refractivity contribution in [1.82, 2.24) is 10.3 Å². The van der Waals surface area contributed by atoms with Crippen LogP contribution in [0.1, 0.15) is 18.1 Å². The monoisotopic (exact) mass is 425 g/mol. The smallest absolute Gasteiger partial charge is 0.230 e. The summed E-state index contributed by atoms with van der Waals surface area (Å²) in [5.41, 5.74) is 3.55. The zero-order valence-corrected chi connectivity index (χ0v) is 17.8. The molecule has 0 radical (unpaired) electrons. The van der Waals surface area contributed by atoms with E-state index in [9.17, 15) is 9.59 Å². The van der Waals surface area contributed by atoms with Gasteiger partial charge in [-0.2, -0.15) is 0 Å². The largest absolute Gasteiger partial charge is 0.493 e. The number of hydrogen-bond acceptors (Lipinski definition) is 6. The number of nitrogens with one attached hydrogen (secondary N) is 2. The summed E-state index contributed by atoms with van der Waals surface area (Å²) in [4.78, 5) is 27.9. The molecule has 0 aliphatic heterocycles. The Morgan fingerprint density at radius 2 is 1.70 bits per heavy atom. The minimum atomic E-state index is -0.159. The van der Waals surface area contributed by atoms with Crippen molar-refractivity contribution in [2.75, 3.05) is 19.5 Å². The van der Waals surface area contributed by atoms with E-state index in [1.165, 1.54) is 18.3 Å². The predicted octanol–water partition coefficient (Wildman–Crippen LogP) is 3.64. The first kappa shape index (κ1) is 21.3. The number of anilines is 1. The lowest BCUT2D eigenvalue weighted by Gasteiger charge is -2.09. The number of aromatic nitrogens is 1. The molecule has 0 unspecified atom stereocenters. The van der Waals surface area contributed by atoms with Crippen LogP contribution in [0.15, 0.2) is 47.8 Å². The number of carbonyl (C=O) groups is 2. The summed E-state index contributed by atoms with van der Waals surface area (Å²) in [7, 11) is 3.13. The lowest BCUT2D eigenvalue weighted by molar-refractivity contribution is -0.119. The minimum Gasteiger partial charge on any atom is -0.493 e. The standard InChI is InChI=1S/C22H23N3O4S/c1-14(26)23-12-15-4-7-17(8-5-15)18-13-30-22(24-18)25-21(27)11-16-6-9-19(28-2)20(10-16)29-3/h4-10,13H,11-12H2,1-3H3,(H,23,26)(H,24,25,27). The Labute approximate surface area is 179 Å². The zero-order chi connectivity index (χ0) is 21.5. The molecule has 3 aromatic rings. The molecule has 2 N–H and O–H groups in total. The Bertz CT molecular complexity index is 1030. The fraction of sp³-hybridized carbons (Fsp3) is 0.227. The molecule has 0 spiro atoms. The molecule has 2 amide bonds. The SMILES string of the molecule is COc1ccc(CC(=O)Nc2nc(-c3ccc(CNC(C)=O)cc3)cs2)cc1OC. The summed E-state index contributed by atoms with van der Waals surface area (Å²) in [6.07, 6.45) is 0.202. The van der Waals surface area contributed by atoms with Crippen molar-refractivity contribution in [3.05, 3.63) is 59.0 Å². The molecular formula is C22H23N3O4S. The molecule has 3 rings (SSSR count). The molecule has 0 bridgehead atoms. The summed E-state index contributed by atoms with van der Waals surface area (Å²) in [6, 6.07) is 13.2. The molecule has 0 aliphatic rings. The summed E-state index contributed by atoms with van der Waals surface area (Å²) < 4.78 is 10.5. The van der Waals surface area contributed by atoms with Crippen molar-refractivity contribution < 1.29 is 19.1 Å². The Balaban J connectivity index is 1.61. The number of ether oxygens (including phenoxy) is 2. The molecule has 8 heteroatoms. The Hall–Kier alpha value is -3.39. The second-order valence-corrected chi connectivity index (χ2v) is 7.42. The maximum atomic E-state index is 12.4. The van der Waals surface area contributed by atoms with Gasteiger partial charge in [-0.15, -0.1) is 11.3 Å². The van der Waals surface area contributed by atoms with Crippen LogP contribution in [0.3, 0.4) is 0 Å². The van der Waals surface area contributed by atoms with Crippen molar-refractivity contribution in [2.45, 2.75) is 19.9 Å². The van der Waals surface area contributed by atoms with Crippen LogP contribution in [0, 0.1) is 0 Å². The molecule has 1 aromatic heterocycles. The Kier molecular flexibility index (Phi) is 7.03. The van der Waals surface area contributed by atoms with Crippen molar-refractivity contribution in [3.8, 4) is 22.8 Å². The van der Waals surface area contributed by atoms with E-state index in [4.69, 9.17) is 9.47 Å². The summed E-state index contributed by atoms with van der Waals surface area (Å²) in [6.45, 7) is 1.98. The molecule has 1 heterocycles. The summed E-state index contributed by atoms with van der Waals surface area (Å²) in [5, 5.41) is 8.04. The topological polar surface area (TPSA) is 89.5 Å². The van der Waals surface area contributed by atoms with Crippen LogP contribution in [0.4, 0.5) is 5.13 Å². The number of nitrogens with zero attached hydrogens (tertiary/aromatic N) is 1. The number of hydrogen-bond donors (Lipinski definition) is 2. The van der Waals surface area contributed by atoms with E-state index in [1.54, 1.807) is 26.4 Å². The van der Waals surface area contributed by atoms with Gasteiger partial charge in [0, 0.05) is 24.4 Å². The van der Waals surface area contributed by atoms with Crippen LogP contribution in [0.25, 0.3) is 11.3 Å². The average molecular weight is 426 g/mol. The van der Waals surface area contributed by atoms with Gasteiger partial charge in [0.25, 0.3) is 0 Å². The molecule has 30 heavy (non-hydrogen) atoms. The van der Waals surface area contributed by atoms with Gasteiger partial charge in [-0.3, -0.25) is 9.59 Å². The van der Waals surface area contributed by atoms with Crippen LogP contribution in [0.2, 0.25) is 0 Å². The first-order chi connectivity index (χ1) is 14.5. The fourth-order valence-electron chi connectivity index (χ4n) is 2.82. The third kappa shape index (κ3) is 5.57. The van der Waals surface area contributed by atoms with Gasteiger partial charge < -0.3 is 20.1 Å². The first-order valence-corrected chi connectivity index (χ1v) is 10.2. The van der Waals surface area contributed by atoms with E-state index < -0.39 is 0 Å². The third-order valence-electron chi connectivity index (χ3n) is 4.35. The summed E-state index contributed by atoms with van der Waals surface area (Å²) >= 11 is 1.37. The molecule has 7 nitrogen and oxygen atoms in total.